The minimum atomic E-state index is 0.329. The number of hydrogen-bond donors (Lipinski definition) is 0. The van der Waals surface area contributed by atoms with Crippen LogP contribution in [0.5, 0.6) is 0 Å². The summed E-state index contributed by atoms with van der Waals surface area (Å²) < 4.78 is 10.4. The van der Waals surface area contributed by atoms with E-state index in [9.17, 15) is 4.79 Å². The van der Waals surface area contributed by atoms with Gasteiger partial charge in [0, 0.05) is 0 Å². The predicted octanol–water partition coefficient (Wildman–Crippen LogP) is 3.63. The molecule has 3 nitrogen and oxygen atoms in total. The van der Waals surface area contributed by atoms with Gasteiger partial charge in [-0.25, -0.2) is 0 Å². The van der Waals surface area contributed by atoms with Gasteiger partial charge in [0.15, 0.2) is 22.4 Å². The van der Waals surface area contributed by atoms with Gasteiger partial charge in [-0.3, -0.25) is 4.79 Å². The molecule has 0 aliphatic carbocycles. The summed E-state index contributed by atoms with van der Waals surface area (Å²) in [5, 5.41) is 1.06. The third-order valence-corrected chi connectivity index (χ3v) is 2.84. The van der Waals surface area contributed by atoms with Crippen molar-refractivity contribution in [3.8, 4) is 0 Å². The molecule has 0 N–H and O–H groups in total. The summed E-state index contributed by atoms with van der Waals surface area (Å²) >= 11 is 7.07. The van der Waals surface area contributed by atoms with Gasteiger partial charge in [0.2, 0.25) is 0 Å². The van der Waals surface area contributed by atoms with Gasteiger partial charge in [0.1, 0.15) is 5.76 Å². The van der Waals surface area contributed by atoms with E-state index in [0.717, 1.165) is 5.76 Å². The Morgan fingerprint density at radius 1 is 1.27 bits per heavy atom. The van der Waals surface area contributed by atoms with Gasteiger partial charge < -0.3 is 8.83 Å². The Balaban J connectivity index is 1.95. The number of halogens is 1. The van der Waals surface area contributed by atoms with Gasteiger partial charge in [-0.05, 0) is 35.9 Å². The van der Waals surface area contributed by atoms with Gasteiger partial charge in [0.25, 0.3) is 0 Å². The Bertz CT molecular complexity index is 461. The number of thioether (sulfide) groups is 1. The van der Waals surface area contributed by atoms with Crippen molar-refractivity contribution >= 4 is 29.6 Å². The zero-order valence-electron chi connectivity index (χ0n) is 7.60. The molecule has 0 amide bonds. The SMILES string of the molecule is O=Cc1ccc(SCc2ccc(Cl)o2)o1. The molecule has 0 radical (unpaired) electrons. The topological polar surface area (TPSA) is 43.4 Å². The van der Waals surface area contributed by atoms with Crippen molar-refractivity contribution in [2.75, 3.05) is 0 Å². The Kier molecular flexibility index (Phi) is 3.18. The van der Waals surface area contributed by atoms with Crippen molar-refractivity contribution in [3.63, 3.8) is 0 Å². The minimum absolute atomic E-state index is 0.329. The molecule has 2 aromatic heterocycles. The van der Waals surface area contributed by atoms with Crippen LogP contribution in [0.3, 0.4) is 0 Å². The van der Waals surface area contributed by atoms with E-state index in [1.54, 1.807) is 24.3 Å². The molecule has 0 aliphatic heterocycles. The summed E-state index contributed by atoms with van der Waals surface area (Å²) in [5.74, 6) is 1.72. The first-order chi connectivity index (χ1) is 7.28. The first kappa shape index (κ1) is 10.4. The van der Waals surface area contributed by atoms with Crippen LogP contribution in [0.15, 0.2) is 38.2 Å². The monoisotopic (exact) mass is 242 g/mol. The second kappa shape index (κ2) is 4.59. The first-order valence-corrected chi connectivity index (χ1v) is 5.56. The highest BCUT2D eigenvalue weighted by molar-refractivity contribution is 7.98. The second-order valence-corrected chi connectivity index (χ2v) is 4.12. The fraction of sp³-hybridized carbons (Fsp3) is 0.100. The quantitative estimate of drug-likeness (QED) is 0.607. The number of hydrogen-bond acceptors (Lipinski definition) is 4. The van der Waals surface area contributed by atoms with Gasteiger partial charge >= 0.3 is 0 Å². The van der Waals surface area contributed by atoms with Gasteiger partial charge in [0.05, 0.1) is 5.75 Å². The van der Waals surface area contributed by atoms with Crippen LogP contribution in [0.4, 0.5) is 0 Å². The summed E-state index contributed by atoms with van der Waals surface area (Å²) in [4.78, 5) is 10.4. The fourth-order valence-electron chi connectivity index (χ4n) is 1.05. The van der Waals surface area contributed by atoms with Crippen molar-refractivity contribution in [2.24, 2.45) is 0 Å². The average molecular weight is 243 g/mol. The van der Waals surface area contributed by atoms with Gasteiger partial charge in [-0.1, -0.05) is 11.8 Å². The largest absolute Gasteiger partial charge is 0.449 e. The molecule has 0 fully saturated rings. The van der Waals surface area contributed by atoms with Crippen molar-refractivity contribution in [3.05, 3.63) is 41.0 Å². The van der Waals surface area contributed by atoms with Crippen LogP contribution in [0.1, 0.15) is 16.3 Å². The molecule has 0 saturated carbocycles. The van der Waals surface area contributed by atoms with E-state index in [1.165, 1.54) is 11.8 Å². The zero-order chi connectivity index (χ0) is 10.7. The summed E-state index contributed by atoms with van der Waals surface area (Å²) in [7, 11) is 0. The van der Waals surface area contributed by atoms with Crippen LogP contribution in [0.25, 0.3) is 0 Å². The first-order valence-electron chi connectivity index (χ1n) is 4.20. The maximum absolute atomic E-state index is 10.4. The lowest BCUT2D eigenvalue weighted by atomic mass is 10.5. The standard InChI is InChI=1S/C10H7ClO3S/c11-9-3-1-8(13-9)6-15-10-4-2-7(5-12)14-10/h1-5H,6H2. The smallest absolute Gasteiger partial charge is 0.193 e. The van der Waals surface area contributed by atoms with Crippen molar-refractivity contribution in [1.29, 1.82) is 0 Å². The maximum Gasteiger partial charge on any atom is 0.193 e. The predicted molar refractivity (Wildman–Crippen MR) is 57.4 cm³/mol. The number of furan rings is 2. The van der Waals surface area contributed by atoms with Crippen LogP contribution in [0, 0.1) is 0 Å². The fourth-order valence-corrected chi connectivity index (χ4v) is 1.97. The van der Waals surface area contributed by atoms with E-state index in [0.29, 0.717) is 28.1 Å². The number of carbonyl (C=O) groups excluding carboxylic acids is 1. The van der Waals surface area contributed by atoms with Crippen molar-refractivity contribution in [1.82, 2.24) is 0 Å². The van der Waals surface area contributed by atoms with Gasteiger partial charge in [-0.15, -0.1) is 0 Å². The molecule has 2 heterocycles. The minimum Gasteiger partial charge on any atom is -0.449 e. The summed E-state index contributed by atoms with van der Waals surface area (Å²) in [6.45, 7) is 0. The molecule has 2 aromatic rings. The lowest BCUT2D eigenvalue weighted by molar-refractivity contribution is 0.109. The van der Waals surface area contributed by atoms with Crippen molar-refractivity contribution in [2.45, 2.75) is 10.8 Å². The Hall–Kier alpha value is -1.13. The Morgan fingerprint density at radius 3 is 2.73 bits per heavy atom. The number of carbonyl (C=O) groups is 1. The van der Waals surface area contributed by atoms with Crippen LogP contribution < -0.4 is 0 Å². The molecule has 5 heteroatoms. The Morgan fingerprint density at radius 2 is 2.13 bits per heavy atom. The highest BCUT2D eigenvalue weighted by Gasteiger charge is 2.04. The molecule has 0 atom stereocenters. The van der Waals surface area contributed by atoms with Crippen LogP contribution in [0.2, 0.25) is 5.22 Å². The number of aldehydes is 1. The highest BCUT2D eigenvalue weighted by atomic mass is 35.5. The molecular weight excluding hydrogens is 236 g/mol. The maximum atomic E-state index is 10.4. The summed E-state index contributed by atoms with van der Waals surface area (Å²) in [5.41, 5.74) is 0. The molecular formula is C10H7ClO3S. The van der Waals surface area contributed by atoms with Crippen LogP contribution in [-0.4, -0.2) is 6.29 Å². The molecule has 0 aliphatic rings. The zero-order valence-corrected chi connectivity index (χ0v) is 9.18. The van der Waals surface area contributed by atoms with Crippen LogP contribution in [-0.2, 0) is 5.75 Å². The van der Waals surface area contributed by atoms with E-state index in [-0.39, 0.29) is 0 Å². The van der Waals surface area contributed by atoms with E-state index in [1.807, 2.05) is 0 Å². The molecule has 0 unspecified atom stereocenters. The van der Waals surface area contributed by atoms with Gasteiger partial charge in [-0.2, -0.15) is 0 Å². The third-order valence-electron chi connectivity index (χ3n) is 1.70. The average Bonchev–Trinajstić information content (AvgIpc) is 2.83. The summed E-state index contributed by atoms with van der Waals surface area (Å²) in [6, 6.07) is 6.87. The lowest BCUT2D eigenvalue weighted by Gasteiger charge is -1.93. The number of rotatable bonds is 4. The van der Waals surface area contributed by atoms with E-state index < -0.39 is 0 Å². The van der Waals surface area contributed by atoms with E-state index in [4.69, 9.17) is 20.4 Å². The van der Waals surface area contributed by atoms with E-state index >= 15 is 0 Å². The molecule has 78 valence electrons. The van der Waals surface area contributed by atoms with E-state index in [2.05, 4.69) is 0 Å². The third kappa shape index (κ3) is 2.67. The normalized spacial score (nSPS) is 10.5. The lowest BCUT2D eigenvalue weighted by Crippen LogP contribution is -1.73. The molecule has 0 bridgehead atoms. The molecule has 0 aromatic carbocycles. The summed E-state index contributed by atoms with van der Waals surface area (Å²) in [6.07, 6.45) is 0.674. The highest BCUT2D eigenvalue weighted by Crippen LogP contribution is 2.26. The second-order valence-electron chi connectivity index (χ2n) is 2.77. The Labute approximate surface area is 95.4 Å². The van der Waals surface area contributed by atoms with Crippen molar-refractivity contribution < 1.29 is 13.6 Å². The van der Waals surface area contributed by atoms with Crippen LogP contribution >= 0.6 is 23.4 Å². The molecule has 2 rings (SSSR count). The molecule has 15 heavy (non-hydrogen) atoms. The molecule has 0 saturated heterocycles. The molecule has 0 spiro atoms.